The van der Waals surface area contributed by atoms with Crippen molar-refractivity contribution in [2.24, 2.45) is 0 Å². The fourth-order valence-corrected chi connectivity index (χ4v) is 1.02. The van der Waals surface area contributed by atoms with Crippen molar-refractivity contribution in [3.63, 3.8) is 0 Å². The van der Waals surface area contributed by atoms with Crippen LogP contribution in [0.5, 0.6) is 0 Å². The van der Waals surface area contributed by atoms with E-state index in [-0.39, 0.29) is 23.4 Å². The van der Waals surface area contributed by atoms with Crippen LogP contribution in [0.15, 0.2) is 0 Å². The van der Waals surface area contributed by atoms with E-state index in [4.69, 9.17) is 5.11 Å². The third kappa shape index (κ3) is 5.54. The molecule has 0 atom stereocenters. The van der Waals surface area contributed by atoms with Gasteiger partial charge in [-0.2, -0.15) is 0 Å². The summed E-state index contributed by atoms with van der Waals surface area (Å²) in [6.45, 7) is 1.72. The van der Waals surface area contributed by atoms with Crippen molar-refractivity contribution >= 4 is 11.8 Å². The van der Waals surface area contributed by atoms with Crippen LogP contribution in [0.2, 0.25) is 0 Å². The molecule has 0 aliphatic heterocycles. The number of rotatable bonds is 4. The Hall–Kier alpha value is -0.900. The van der Waals surface area contributed by atoms with Gasteiger partial charge in [0.2, 0.25) is 0 Å². The Morgan fingerprint density at radius 2 is 1.73 bits per heavy atom. The Kier molecular flexibility index (Phi) is 3.19. The number of hydrogen-bond acceptors (Lipinski definition) is 2. The first kappa shape index (κ1) is 10.1. The lowest BCUT2D eigenvalue weighted by atomic mass is 10.3. The molecule has 0 aliphatic carbocycles. The van der Waals surface area contributed by atoms with Gasteiger partial charge in [0.05, 0.1) is 14.1 Å². The van der Waals surface area contributed by atoms with Gasteiger partial charge in [0, 0.05) is 6.92 Å². The Balaban J connectivity index is 3.99. The van der Waals surface area contributed by atoms with Crippen LogP contribution >= 0.6 is 0 Å². The van der Waals surface area contributed by atoms with Crippen molar-refractivity contribution in [3.05, 3.63) is 0 Å². The van der Waals surface area contributed by atoms with Crippen molar-refractivity contribution in [3.8, 4) is 0 Å². The number of carboxylic acids is 1. The summed E-state index contributed by atoms with van der Waals surface area (Å²) in [4.78, 5) is 20.9. The Morgan fingerprint density at radius 1 is 1.27 bits per heavy atom. The van der Waals surface area contributed by atoms with Crippen molar-refractivity contribution in [2.45, 2.75) is 6.92 Å². The SMILES string of the molecule is CC(=O)C[N+](C)(C)CC(=O)O. The smallest absolute Gasteiger partial charge is 0.359 e. The molecule has 0 aromatic heterocycles. The van der Waals surface area contributed by atoms with E-state index >= 15 is 0 Å². The quantitative estimate of drug-likeness (QED) is 0.576. The number of aliphatic carboxylic acids is 1. The molecule has 11 heavy (non-hydrogen) atoms. The first-order chi connectivity index (χ1) is 4.83. The second-order valence-electron chi connectivity index (χ2n) is 3.35. The summed E-state index contributed by atoms with van der Waals surface area (Å²) in [5.74, 6) is -0.868. The fraction of sp³-hybridized carbons (Fsp3) is 0.714. The van der Waals surface area contributed by atoms with Gasteiger partial charge in [-0.1, -0.05) is 0 Å². The summed E-state index contributed by atoms with van der Waals surface area (Å²) in [5.41, 5.74) is 0. The van der Waals surface area contributed by atoms with Gasteiger partial charge in [-0.25, -0.2) is 4.79 Å². The molecule has 0 aliphatic rings. The van der Waals surface area contributed by atoms with Gasteiger partial charge in [0.15, 0.2) is 12.3 Å². The van der Waals surface area contributed by atoms with E-state index in [1.807, 2.05) is 0 Å². The van der Waals surface area contributed by atoms with Crippen LogP contribution in [-0.4, -0.2) is 48.5 Å². The maximum Gasteiger partial charge on any atom is 0.359 e. The van der Waals surface area contributed by atoms with Gasteiger partial charge in [-0.3, -0.25) is 4.79 Å². The van der Waals surface area contributed by atoms with E-state index in [1.54, 1.807) is 14.1 Å². The number of likely N-dealkylation sites (N-methyl/N-ethyl adjacent to an activating group) is 1. The highest BCUT2D eigenvalue weighted by Crippen LogP contribution is 1.95. The topological polar surface area (TPSA) is 54.4 Å². The summed E-state index contributed by atoms with van der Waals surface area (Å²) in [7, 11) is 3.44. The van der Waals surface area contributed by atoms with Crippen LogP contribution in [0.3, 0.4) is 0 Å². The minimum Gasteiger partial charge on any atom is -0.477 e. The van der Waals surface area contributed by atoms with E-state index in [9.17, 15) is 9.59 Å². The van der Waals surface area contributed by atoms with Crippen molar-refractivity contribution in [1.29, 1.82) is 0 Å². The average molecular weight is 160 g/mol. The molecule has 4 nitrogen and oxygen atoms in total. The Labute approximate surface area is 66.0 Å². The predicted molar refractivity (Wildman–Crippen MR) is 40.2 cm³/mol. The number of nitrogens with zero attached hydrogens (tertiary/aromatic N) is 1. The van der Waals surface area contributed by atoms with Crippen LogP contribution in [-0.2, 0) is 9.59 Å². The van der Waals surface area contributed by atoms with Crippen LogP contribution in [0.1, 0.15) is 6.92 Å². The zero-order chi connectivity index (χ0) is 9.07. The van der Waals surface area contributed by atoms with E-state index in [0.717, 1.165) is 0 Å². The van der Waals surface area contributed by atoms with Gasteiger partial charge in [-0.15, -0.1) is 0 Å². The number of ketones is 1. The molecule has 0 saturated heterocycles. The monoisotopic (exact) mass is 160 g/mol. The largest absolute Gasteiger partial charge is 0.477 e. The third-order valence-corrected chi connectivity index (χ3v) is 1.21. The standard InChI is InChI=1S/C7H13NO3/c1-6(9)4-8(2,3)5-7(10)11/h4-5H2,1-3H3/p+1. The molecule has 0 unspecified atom stereocenters. The van der Waals surface area contributed by atoms with Crippen molar-refractivity contribution in [2.75, 3.05) is 27.2 Å². The normalized spacial score (nSPS) is 11.2. The molecule has 0 saturated carbocycles. The summed E-state index contributed by atoms with van der Waals surface area (Å²) in [5, 5.41) is 8.44. The number of Topliss-reactive ketones (excluding diaryl/α,β-unsaturated/α-hetero) is 1. The van der Waals surface area contributed by atoms with Gasteiger partial charge >= 0.3 is 5.97 Å². The first-order valence-electron chi connectivity index (χ1n) is 3.37. The number of carbonyl (C=O) groups excluding carboxylic acids is 1. The Bertz CT molecular complexity index is 157. The van der Waals surface area contributed by atoms with Gasteiger partial charge in [0.1, 0.15) is 6.54 Å². The van der Waals surface area contributed by atoms with Crippen molar-refractivity contribution in [1.82, 2.24) is 0 Å². The van der Waals surface area contributed by atoms with Crippen LogP contribution < -0.4 is 0 Å². The highest BCUT2D eigenvalue weighted by atomic mass is 16.4. The first-order valence-corrected chi connectivity index (χ1v) is 3.37. The lowest BCUT2D eigenvalue weighted by Gasteiger charge is -2.25. The number of carbonyl (C=O) groups is 2. The molecule has 1 N–H and O–H groups in total. The van der Waals surface area contributed by atoms with E-state index in [1.165, 1.54) is 6.92 Å². The minimum atomic E-state index is -0.878. The number of quaternary nitrogens is 1. The van der Waals surface area contributed by atoms with E-state index < -0.39 is 5.97 Å². The molecule has 64 valence electrons. The zero-order valence-electron chi connectivity index (χ0n) is 7.13. The molecular formula is C7H14NO3+. The molecule has 0 heterocycles. The molecule has 0 rings (SSSR count). The summed E-state index contributed by atoms with van der Waals surface area (Å²) in [6.07, 6.45) is 0. The third-order valence-electron chi connectivity index (χ3n) is 1.21. The number of carboxylic acid groups (broad SMARTS) is 1. The summed E-state index contributed by atoms with van der Waals surface area (Å²) in [6, 6.07) is 0. The molecule has 4 heteroatoms. The molecular weight excluding hydrogens is 146 g/mol. The van der Waals surface area contributed by atoms with Gasteiger partial charge in [-0.05, 0) is 0 Å². The summed E-state index contributed by atoms with van der Waals surface area (Å²) < 4.78 is 0.213. The summed E-state index contributed by atoms with van der Waals surface area (Å²) >= 11 is 0. The maximum atomic E-state index is 10.6. The highest BCUT2D eigenvalue weighted by Gasteiger charge is 2.20. The van der Waals surface area contributed by atoms with Crippen LogP contribution in [0, 0.1) is 0 Å². The molecule has 0 aromatic carbocycles. The maximum absolute atomic E-state index is 10.6. The molecule has 0 fully saturated rings. The highest BCUT2D eigenvalue weighted by molar-refractivity contribution is 5.77. The zero-order valence-corrected chi connectivity index (χ0v) is 7.13. The van der Waals surface area contributed by atoms with Gasteiger partial charge in [0.25, 0.3) is 0 Å². The van der Waals surface area contributed by atoms with Crippen LogP contribution in [0.25, 0.3) is 0 Å². The molecule has 0 amide bonds. The predicted octanol–water partition coefficient (Wildman–Crippen LogP) is -0.264. The van der Waals surface area contributed by atoms with Crippen LogP contribution in [0.4, 0.5) is 0 Å². The number of hydrogen-bond donors (Lipinski definition) is 1. The molecule has 0 radical (unpaired) electrons. The average Bonchev–Trinajstić information content (AvgIpc) is 1.53. The minimum absolute atomic E-state index is 0.0104. The van der Waals surface area contributed by atoms with E-state index in [2.05, 4.69) is 0 Å². The van der Waals surface area contributed by atoms with Crippen molar-refractivity contribution < 1.29 is 19.2 Å². The lowest BCUT2D eigenvalue weighted by Crippen LogP contribution is -2.46. The second-order valence-corrected chi connectivity index (χ2v) is 3.35. The fourth-order valence-electron chi connectivity index (χ4n) is 1.02. The second kappa shape index (κ2) is 3.48. The Morgan fingerprint density at radius 3 is 2.00 bits per heavy atom. The molecule has 0 spiro atoms. The van der Waals surface area contributed by atoms with Gasteiger partial charge < -0.3 is 9.59 Å². The van der Waals surface area contributed by atoms with E-state index in [0.29, 0.717) is 0 Å². The molecule has 0 bridgehead atoms. The molecule has 0 aromatic rings. The lowest BCUT2D eigenvalue weighted by molar-refractivity contribution is -0.874.